The predicted octanol–water partition coefficient (Wildman–Crippen LogP) is 2.81. The second-order valence-corrected chi connectivity index (χ2v) is 7.07. The Labute approximate surface area is 159 Å². The van der Waals surface area contributed by atoms with Gasteiger partial charge < -0.3 is 20.5 Å². The van der Waals surface area contributed by atoms with E-state index in [4.69, 9.17) is 9.84 Å². The van der Waals surface area contributed by atoms with Crippen LogP contribution < -0.4 is 10.6 Å². The largest absolute Gasteiger partial charge is 0.480 e. The molecule has 3 N–H and O–H groups in total. The molecule has 0 aliphatic heterocycles. The molecule has 3 unspecified atom stereocenters. The molecule has 27 heavy (non-hydrogen) atoms. The topological polar surface area (TPSA) is 105 Å². The lowest BCUT2D eigenvalue weighted by atomic mass is 9.88. The zero-order valence-corrected chi connectivity index (χ0v) is 15.9. The van der Waals surface area contributed by atoms with E-state index in [1.54, 1.807) is 12.1 Å². The van der Waals surface area contributed by atoms with Crippen molar-refractivity contribution >= 4 is 23.5 Å². The Morgan fingerprint density at radius 3 is 2.52 bits per heavy atom. The highest BCUT2D eigenvalue weighted by atomic mass is 16.5. The highest BCUT2D eigenvalue weighted by Crippen LogP contribution is 2.27. The third-order valence-corrected chi connectivity index (χ3v) is 4.72. The van der Waals surface area contributed by atoms with Crippen molar-refractivity contribution < 1.29 is 24.2 Å². The Balaban J connectivity index is 1.89. The smallest absolute Gasteiger partial charge is 0.322 e. The van der Waals surface area contributed by atoms with Crippen molar-refractivity contribution in [2.24, 2.45) is 5.92 Å². The van der Waals surface area contributed by atoms with Gasteiger partial charge in [0.25, 0.3) is 11.8 Å². The van der Waals surface area contributed by atoms with Crippen LogP contribution in [0.3, 0.4) is 0 Å². The lowest BCUT2D eigenvalue weighted by Crippen LogP contribution is -2.35. The average molecular weight is 376 g/mol. The number of hydrogen-bond acceptors (Lipinski definition) is 4. The van der Waals surface area contributed by atoms with Crippen LogP contribution in [-0.2, 0) is 14.3 Å². The molecule has 7 nitrogen and oxygen atoms in total. The molecule has 7 heteroatoms. The molecule has 1 aromatic carbocycles. The first-order valence-corrected chi connectivity index (χ1v) is 9.45. The highest BCUT2D eigenvalue weighted by molar-refractivity contribution is 5.97. The maximum Gasteiger partial charge on any atom is 0.322 e. The molecule has 3 atom stereocenters. The van der Waals surface area contributed by atoms with E-state index in [-0.39, 0.29) is 12.0 Å². The SMILES string of the molecule is CCC(OC1CCCC(C)C1)C(=O)Nc1ccc(C(=O)NCC(=O)O)cc1. The van der Waals surface area contributed by atoms with Gasteiger partial charge in [0.15, 0.2) is 0 Å². The van der Waals surface area contributed by atoms with Gasteiger partial charge in [0.1, 0.15) is 12.6 Å². The van der Waals surface area contributed by atoms with Crippen LogP contribution in [-0.4, -0.2) is 41.6 Å². The fourth-order valence-electron chi connectivity index (χ4n) is 3.26. The fourth-order valence-corrected chi connectivity index (χ4v) is 3.26. The minimum atomic E-state index is -1.11. The van der Waals surface area contributed by atoms with E-state index in [0.29, 0.717) is 23.6 Å². The number of carboxylic acids is 1. The Kier molecular flexibility index (Phi) is 7.79. The van der Waals surface area contributed by atoms with Gasteiger partial charge in [-0.1, -0.05) is 26.7 Å². The minimum absolute atomic E-state index is 0.129. The van der Waals surface area contributed by atoms with Crippen LogP contribution in [0, 0.1) is 5.92 Å². The van der Waals surface area contributed by atoms with Gasteiger partial charge in [0.2, 0.25) is 0 Å². The van der Waals surface area contributed by atoms with E-state index >= 15 is 0 Å². The summed E-state index contributed by atoms with van der Waals surface area (Å²) in [7, 11) is 0. The zero-order chi connectivity index (χ0) is 19.8. The van der Waals surface area contributed by atoms with Crippen LogP contribution in [0.25, 0.3) is 0 Å². The summed E-state index contributed by atoms with van der Waals surface area (Å²) in [4.78, 5) is 34.8. The summed E-state index contributed by atoms with van der Waals surface area (Å²) in [5, 5.41) is 13.7. The van der Waals surface area contributed by atoms with Gasteiger partial charge in [0, 0.05) is 11.3 Å². The molecule has 1 aromatic rings. The molecular formula is C20H28N2O5. The van der Waals surface area contributed by atoms with Gasteiger partial charge in [-0.2, -0.15) is 0 Å². The van der Waals surface area contributed by atoms with Crippen molar-refractivity contribution in [1.29, 1.82) is 0 Å². The van der Waals surface area contributed by atoms with E-state index in [1.165, 1.54) is 18.6 Å². The van der Waals surface area contributed by atoms with Crippen molar-refractivity contribution in [3.05, 3.63) is 29.8 Å². The number of hydrogen-bond donors (Lipinski definition) is 3. The first-order chi connectivity index (χ1) is 12.9. The molecule has 2 amide bonds. The van der Waals surface area contributed by atoms with Crippen LogP contribution in [0.1, 0.15) is 56.3 Å². The number of carbonyl (C=O) groups is 3. The van der Waals surface area contributed by atoms with Gasteiger partial charge in [-0.25, -0.2) is 0 Å². The normalized spacial score (nSPS) is 20.5. The molecule has 1 saturated carbocycles. The number of carboxylic acid groups (broad SMARTS) is 1. The minimum Gasteiger partial charge on any atom is -0.480 e. The monoisotopic (exact) mass is 376 g/mol. The molecule has 0 bridgehead atoms. The first kappa shape index (κ1) is 20.9. The summed E-state index contributed by atoms with van der Waals surface area (Å²) in [6.45, 7) is 3.70. The summed E-state index contributed by atoms with van der Waals surface area (Å²) in [5.74, 6) is -1.15. The van der Waals surface area contributed by atoms with Crippen molar-refractivity contribution in [1.82, 2.24) is 5.32 Å². The quantitative estimate of drug-likeness (QED) is 0.647. The van der Waals surface area contributed by atoms with Gasteiger partial charge >= 0.3 is 5.97 Å². The van der Waals surface area contributed by atoms with Crippen molar-refractivity contribution in [3.63, 3.8) is 0 Å². The summed E-state index contributed by atoms with van der Waals surface area (Å²) >= 11 is 0. The second kappa shape index (κ2) is 10.1. The average Bonchev–Trinajstić information content (AvgIpc) is 2.64. The number of anilines is 1. The summed E-state index contributed by atoms with van der Waals surface area (Å²) in [6.07, 6.45) is 4.55. The maximum atomic E-state index is 12.5. The Hall–Kier alpha value is -2.41. The summed E-state index contributed by atoms with van der Waals surface area (Å²) in [5.41, 5.74) is 0.891. The van der Waals surface area contributed by atoms with E-state index in [1.807, 2.05) is 6.92 Å². The van der Waals surface area contributed by atoms with Gasteiger partial charge in [-0.3, -0.25) is 14.4 Å². The lowest BCUT2D eigenvalue weighted by Gasteiger charge is -2.29. The Morgan fingerprint density at radius 2 is 1.93 bits per heavy atom. The number of amides is 2. The highest BCUT2D eigenvalue weighted by Gasteiger charge is 2.25. The van der Waals surface area contributed by atoms with Gasteiger partial charge in [-0.05, 0) is 49.4 Å². The molecule has 1 aliphatic carbocycles. The molecule has 0 saturated heterocycles. The molecule has 0 spiro atoms. The van der Waals surface area contributed by atoms with E-state index < -0.39 is 24.5 Å². The molecule has 0 heterocycles. The van der Waals surface area contributed by atoms with E-state index in [9.17, 15) is 14.4 Å². The molecular weight excluding hydrogens is 348 g/mol. The predicted molar refractivity (Wildman–Crippen MR) is 102 cm³/mol. The second-order valence-electron chi connectivity index (χ2n) is 7.07. The molecule has 1 aliphatic rings. The van der Waals surface area contributed by atoms with Crippen LogP contribution in [0.4, 0.5) is 5.69 Å². The summed E-state index contributed by atoms with van der Waals surface area (Å²) < 4.78 is 6.03. The number of aliphatic carboxylic acids is 1. The van der Waals surface area contributed by atoms with Crippen LogP contribution in [0.2, 0.25) is 0 Å². The summed E-state index contributed by atoms with van der Waals surface area (Å²) in [6, 6.07) is 6.31. The third kappa shape index (κ3) is 6.67. The Morgan fingerprint density at radius 1 is 1.22 bits per heavy atom. The number of rotatable bonds is 8. The third-order valence-electron chi connectivity index (χ3n) is 4.72. The molecule has 148 valence electrons. The Bertz CT molecular complexity index is 659. The molecule has 1 fully saturated rings. The fraction of sp³-hybridized carbons (Fsp3) is 0.550. The van der Waals surface area contributed by atoms with Crippen molar-refractivity contribution in [3.8, 4) is 0 Å². The molecule has 0 aromatic heterocycles. The lowest BCUT2D eigenvalue weighted by molar-refractivity contribution is -0.136. The first-order valence-electron chi connectivity index (χ1n) is 9.45. The number of ether oxygens (including phenoxy) is 1. The maximum absolute atomic E-state index is 12.5. The van der Waals surface area contributed by atoms with Crippen molar-refractivity contribution in [2.45, 2.75) is 58.2 Å². The number of carbonyl (C=O) groups excluding carboxylic acids is 2. The van der Waals surface area contributed by atoms with E-state index in [0.717, 1.165) is 19.3 Å². The molecule has 2 rings (SSSR count). The standard InChI is InChI=1S/C20H28N2O5/c1-3-17(27-16-6-4-5-13(2)11-16)20(26)22-15-9-7-14(8-10-15)19(25)21-12-18(23)24/h7-10,13,16-17H,3-6,11-12H2,1-2H3,(H,21,25)(H,22,26)(H,23,24). The van der Waals surface area contributed by atoms with Gasteiger partial charge in [-0.15, -0.1) is 0 Å². The van der Waals surface area contributed by atoms with Gasteiger partial charge in [0.05, 0.1) is 6.10 Å². The molecule has 0 radical (unpaired) electrons. The number of nitrogens with one attached hydrogen (secondary N) is 2. The van der Waals surface area contributed by atoms with Crippen molar-refractivity contribution in [2.75, 3.05) is 11.9 Å². The van der Waals surface area contributed by atoms with Crippen LogP contribution >= 0.6 is 0 Å². The van der Waals surface area contributed by atoms with Crippen LogP contribution in [0.5, 0.6) is 0 Å². The van der Waals surface area contributed by atoms with E-state index in [2.05, 4.69) is 17.6 Å². The van der Waals surface area contributed by atoms with Crippen LogP contribution in [0.15, 0.2) is 24.3 Å². The number of benzene rings is 1. The zero-order valence-electron chi connectivity index (χ0n) is 15.9.